The van der Waals surface area contributed by atoms with Gasteiger partial charge in [-0.1, -0.05) is 54.6 Å². The van der Waals surface area contributed by atoms with Crippen molar-refractivity contribution in [1.82, 2.24) is 5.32 Å². The Bertz CT molecular complexity index is 1650. The van der Waals surface area contributed by atoms with Crippen LogP contribution in [0, 0.1) is 5.92 Å². The van der Waals surface area contributed by atoms with Crippen molar-refractivity contribution < 1.29 is 43.2 Å². The third-order valence-electron chi connectivity index (χ3n) is 10.2. The number of aliphatic hydroxyl groups is 1. The van der Waals surface area contributed by atoms with Crippen LogP contribution < -0.4 is 5.32 Å². The van der Waals surface area contributed by atoms with Crippen molar-refractivity contribution in [2.45, 2.75) is 120 Å². The second-order valence-corrected chi connectivity index (χ2v) is 15.2. The summed E-state index contributed by atoms with van der Waals surface area (Å²) in [5, 5.41) is 12.9. The highest BCUT2D eigenvalue weighted by Crippen LogP contribution is 2.45. The number of fused-ring (bicyclic) bond motifs is 3. The first-order chi connectivity index (χ1) is 24.0. The van der Waals surface area contributed by atoms with Crippen molar-refractivity contribution in [1.29, 1.82) is 0 Å². The van der Waals surface area contributed by atoms with Gasteiger partial charge in [-0.15, -0.1) is 0 Å². The van der Waals surface area contributed by atoms with E-state index in [0.29, 0.717) is 42.1 Å². The summed E-state index contributed by atoms with van der Waals surface area (Å²) in [7, 11) is 0. The van der Waals surface area contributed by atoms with Crippen LogP contribution in [0.25, 0.3) is 6.08 Å². The number of nitrogens with one attached hydrogen (secondary N) is 1. The average Bonchev–Trinajstić information content (AvgIpc) is 3.64. The van der Waals surface area contributed by atoms with Crippen molar-refractivity contribution in [3.05, 3.63) is 88.5 Å². The van der Waals surface area contributed by atoms with Crippen molar-refractivity contribution >= 4 is 23.9 Å². The molecule has 50 heavy (non-hydrogen) atoms. The summed E-state index contributed by atoms with van der Waals surface area (Å²) in [5.41, 5.74) is 3.20. The van der Waals surface area contributed by atoms with Crippen molar-refractivity contribution in [2.75, 3.05) is 6.61 Å². The molecule has 2 aliphatic heterocycles. The number of amides is 1. The van der Waals surface area contributed by atoms with Gasteiger partial charge in [-0.2, -0.15) is 0 Å². The summed E-state index contributed by atoms with van der Waals surface area (Å²) in [6.07, 6.45) is 9.18. The molecule has 1 saturated carbocycles. The molecule has 2 N–H and O–H groups in total. The van der Waals surface area contributed by atoms with Gasteiger partial charge in [-0.25, -0.2) is 4.79 Å². The molecule has 1 amide bonds. The first-order valence-corrected chi connectivity index (χ1v) is 17.9. The highest BCUT2D eigenvalue weighted by Gasteiger charge is 2.55. The largest absolute Gasteiger partial charge is 0.460 e. The highest BCUT2D eigenvalue weighted by molar-refractivity contribution is 5.95. The number of carbonyl (C=O) groups is 3. The molecule has 0 radical (unpaired) electrons. The Balaban J connectivity index is 1.08. The number of allylic oxidation sites excluding steroid dienone is 1. The van der Waals surface area contributed by atoms with Gasteiger partial charge in [0.2, 0.25) is 5.91 Å². The van der Waals surface area contributed by atoms with Crippen LogP contribution in [0.2, 0.25) is 0 Å². The summed E-state index contributed by atoms with van der Waals surface area (Å²) in [4.78, 5) is 39.9. The van der Waals surface area contributed by atoms with Gasteiger partial charge in [-0.3, -0.25) is 9.59 Å². The molecule has 266 valence electrons. The van der Waals surface area contributed by atoms with E-state index >= 15 is 0 Å². The summed E-state index contributed by atoms with van der Waals surface area (Å²) >= 11 is 0. The first-order valence-electron chi connectivity index (χ1n) is 17.9. The number of rotatable bonds is 10. The van der Waals surface area contributed by atoms with Gasteiger partial charge < -0.3 is 34.1 Å². The molecule has 10 heteroatoms. The Hall–Kier alpha value is -3.83. The van der Waals surface area contributed by atoms with Crippen LogP contribution in [-0.4, -0.2) is 77.5 Å². The number of aliphatic hydroxyl groups excluding tert-OH is 1. The number of esters is 2. The standard InChI is InChI=1S/C40H47NO9/c1-39(2,3)49-35(43)17-15-29(23-42)41-37(44)28-19-33(36-34(20-28)48-40(50-36)21-26-9-4-5-10-27(26)22-40)47-38(45)30-11-7-6-8-25(30)14-12-24-13-16-31-32(18-24)46-31/h4-12,14,20,24,29,31-34,36,42H,13,15-19,21-23H2,1-3H3,(H,41,44)/t24?,29-,31?,32?,33+,34+,36-/m0/s1. The molecule has 10 nitrogen and oxygen atoms in total. The van der Waals surface area contributed by atoms with E-state index in [-0.39, 0.29) is 25.9 Å². The van der Waals surface area contributed by atoms with Gasteiger partial charge in [-0.05, 0) is 81.2 Å². The van der Waals surface area contributed by atoms with E-state index < -0.39 is 53.6 Å². The predicted molar refractivity (Wildman–Crippen MR) is 184 cm³/mol. The monoisotopic (exact) mass is 685 g/mol. The minimum Gasteiger partial charge on any atom is -0.460 e. The Labute approximate surface area is 293 Å². The molecule has 7 atom stereocenters. The molecule has 7 rings (SSSR count). The quantitative estimate of drug-likeness (QED) is 0.262. The lowest BCUT2D eigenvalue weighted by molar-refractivity contribution is -0.172. The van der Waals surface area contributed by atoms with Gasteiger partial charge >= 0.3 is 11.9 Å². The minimum absolute atomic E-state index is 0.0380. The third kappa shape index (κ3) is 7.89. The maximum absolute atomic E-state index is 13.9. The number of hydrogen-bond acceptors (Lipinski definition) is 9. The normalized spacial score (nSPS) is 28.3. The van der Waals surface area contributed by atoms with Crippen molar-refractivity contribution in [2.24, 2.45) is 5.92 Å². The van der Waals surface area contributed by atoms with Gasteiger partial charge in [0, 0.05) is 31.3 Å². The van der Waals surface area contributed by atoms with Gasteiger partial charge in [0.1, 0.15) is 23.9 Å². The maximum Gasteiger partial charge on any atom is 0.339 e. The number of hydrogen-bond donors (Lipinski definition) is 2. The van der Waals surface area contributed by atoms with E-state index in [1.165, 1.54) is 0 Å². The third-order valence-corrected chi connectivity index (χ3v) is 10.2. The highest BCUT2D eigenvalue weighted by atomic mass is 16.8. The Morgan fingerprint density at radius 3 is 2.48 bits per heavy atom. The second-order valence-electron chi connectivity index (χ2n) is 15.2. The summed E-state index contributed by atoms with van der Waals surface area (Å²) in [6, 6.07) is 14.8. The van der Waals surface area contributed by atoms with Crippen LogP contribution in [-0.2, 0) is 46.1 Å². The van der Waals surface area contributed by atoms with Crippen molar-refractivity contribution in [3.63, 3.8) is 0 Å². The Morgan fingerprint density at radius 2 is 1.76 bits per heavy atom. The summed E-state index contributed by atoms with van der Waals surface area (Å²) < 4.78 is 30.6. The lowest BCUT2D eigenvalue weighted by Gasteiger charge is -2.31. The zero-order valence-electron chi connectivity index (χ0n) is 29.0. The fourth-order valence-electron chi connectivity index (χ4n) is 7.71. The molecule has 3 fully saturated rings. The van der Waals surface area contributed by atoms with Crippen molar-refractivity contribution in [3.8, 4) is 0 Å². The molecule has 2 aromatic rings. The molecule has 2 heterocycles. The molecule has 5 aliphatic rings. The predicted octanol–water partition coefficient (Wildman–Crippen LogP) is 5.00. The SMILES string of the molecule is CC(C)(C)OC(=O)CC[C@@H](CO)NC(=O)C1=C[C@H]2OC3(Cc4ccccc4C3)O[C@H]2[C@H](OC(=O)c2ccccc2C=CC2CCC3OC3C2)C1. The molecular weight excluding hydrogens is 638 g/mol. The minimum atomic E-state index is -0.932. The topological polar surface area (TPSA) is 133 Å². The Kier molecular flexibility index (Phi) is 9.73. The zero-order chi connectivity index (χ0) is 35.0. The number of carbonyl (C=O) groups excluding carboxylic acids is 3. The second kappa shape index (κ2) is 14.1. The lowest BCUT2D eigenvalue weighted by atomic mass is 9.88. The molecule has 3 aliphatic carbocycles. The number of benzene rings is 2. The van der Waals surface area contributed by atoms with Crippen LogP contribution in [0.5, 0.6) is 0 Å². The summed E-state index contributed by atoms with van der Waals surface area (Å²) in [5.74, 6) is -1.87. The fourth-order valence-corrected chi connectivity index (χ4v) is 7.71. The molecule has 2 aromatic carbocycles. The van der Waals surface area contributed by atoms with Crippen LogP contribution >= 0.6 is 0 Å². The molecule has 1 spiro atoms. The molecule has 0 aromatic heterocycles. The van der Waals surface area contributed by atoms with E-state index in [1.54, 1.807) is 32.9 Å². The smallest absolute Gasteiger partial charge is 0.339 e. The first kappa shape index (κ1) is 34.6. The lowest BCUT2D eigenvalue weighted by Crippen LogP contribution is -2.45. The molecule has 2 saturated heterocycles. The van der Waals surface area contributed by atoms with Gasteiger partial charge in [0.15, 0.2) is 5.79 Å². The molecule has 0 bridgehead atoms. The average molecular weight is 686 g/mol. The molecular formula is C40H47NO9. The van der Waals surface area contributed by atoms with E-state index in [4.69, 9.17) is 23.7 Å². The van der Waals surface area contributed by atoms with Crippen LogP contribution in [0.4, 0.5) is 0 Å². The zero-order valence-corrected chi connectivity index (χ0v) is 29.0. The molecule has 3 unspecified atom stereocenters. The fraction of sp³-hybridized carbons (Fsp3) is 0.525. The number of ether oxygens (including phenoxy) is 5. The van der Waals surface area contributed by atoms with Gasteiger partial charge in [0.25, 0.3) is 0 Å². The van der Waals surface area contributed by atoms with E-state index in [1.807, 2.05) is 36.4 Å². The van der Waals surface area contributed by atoms with Crippen LogP contribution in [0.1, 0.15) is 86.3 Å². The Morgan fingerprint density at radius 1 is 1.02 bits per heavy atom. The number of epoxide rings is 1. The maximum atomic E-state index is 13.9. The van der Waals surface area contributed by atoms with E-state index in [2.05, 4.69) is 23.5 Å². The van der Waals surface area contributed by atoms with E-state index in [9.17, 15) is 19.5 Å². The summed E-state index contributed by atoms with van der Waals surface area (Å²) in [6.45, 7) is 5.01. The van der Waals surface area contributed by atoms with E-state index in [0.717, 1.165) is 36.0 Å². The van der Waals surface area contributed by atoms with Crippen LogP contribution in [0.3, 0.4) is 0 Å². The van der Waals surface area contributed by atoms with Gasteiger partial charge in [0.05, 0.1) is 30.4 Å². The van der Waals surface area contributed by atoms with Crippen LogP contribution in [0.15, 0.2) is 66.3 Å².